The summed E-state index contributed by atoms with van der Waals surface area (Å²) in [6.45, 7) is 2.29. The fraction of sp³-hybridized carbons (Fsp3) is 0.455. The molecule has 6 nitrogen and oxygen atoms in total. The van der Waals surface area contributed by atoms with Crippen LogP contribution < -0.4 is 5.32 Å². The third kappa shape index (κ3) is 3.60. The number of anilines is 1. The molecule has 2 N–H and O–H groups in total. The molecule has 17 heavy (non-hydrogen) atoms. The van der Waals surface area contributed by atoms with E-state index in [4.69, 9.17) is 4.74 Å². The van der Waals surface area contributed by atoms with Gasteiger partial charge in [0.05, 0.1) is 6.54 Å². The number of aromatic nitrogens is 4. The third-order valence-corrected chi connectivity index (χ3v) is 2.37. The van der Waals surface area contributed by atoms with Crippen molar-refractivity contribution in [3.05, 3.63) is 30.5 Å². The van der Waals surface area contributed by atoms with Crippen LogP contribution in [-0.4, -0.2) is 33.5 Å². The quantitative estimate of drug-likeness (QED) is 0.709. The molecule has 0 aliphatic rings. The smallest absolute Gasteiger partial charge is 0.148 e. The molecular formula is C11H17N5O. The van der Waals surface area contributed by atoms with Crippen LogP contribution in [0, 0.1) is 0 Å². The largest absolute Gasteiger partial charge is 0.385 e. The Balaban J connectivity index is 1.77. The van der Waals surface area contributed by atoms with E-state index < -0.39 is 0 Å². The van der Waals surface area contributed by atoms with Gasteiger partial charge >= 0.3 is 0 Å². The molecule has 0 saturated heterocycles. The molecule has 0 aliphatic heterocycles. The molecule has 0 saturated carbocycles. The van der Waals surface area contributed by atoms with E-state index in [2.05, 4.69) is 20.4 Å². The monoisotopic (exact) mass is 235 g/mol. The van der Waals surface area contributed by atoms with E-state index in [9.17, 15) is 0 Å². The summed E-state index contributed by atoms with van der Waals surface area (Å²) in [4.78, 5) is 7.16. The first-order chi connectivity index (χ1) is 8.38. The first kappa shape index (κ1) is 11.7. The Morgan fingerprint density at radius 3 is 3.24 bits per heavy atom. The number of aryl methyl sites for hydroxylation is 1. The van der Waals surface area contributed by atoms with Crippen molar-refractivity contribution < 1.29 is 4.74 Å². The molecule has 0 spiro atoms. The van der Waals surface area contributed by atoms with Crippen LogP contribution in [0.15, 0.2) is 24.7 Å². The Morgan fingerprint density at radius 2 is 2.47 bits per heavy atom. The Kier molecular flexibility index (Phi) is 4.15. The number of aromatic amines is 1. The number of nitrogens with one attached hydrogen (secondary N) is 2. The first-order valence-corrected chi connectivity index (χ1v) is 5.63. The molecule has 2 aromatic heterocycles. The standard InChI is InChI=1S/C11H17N5O/c1-17-8-2-6-16-7-3-10(15-16)14-9-11-12-4-5-13-11/h3-5,7H,2,6,8-9H2,1H3,(H,12,13)(H,14,15). The van der Waals surface area contributed by atoms with Gasteiger partial charge in [0.1, 0.15) is 11.6 Å². The number of rotatable bonds is 7. The van der Waals surface area contributed by atoms with Crippen LogP contribution in [0.4, 0.5) is 5.82 Å². The molecule has 0 unspecified atom stereocenters. The normalized spacial score (nSPS) is 10.6. The molecule has 2 rings (SSSR count). The Hall–Kier alpha value is -1.82. The number of nitrogens with zero attached hydrogens (tertiary/aromatic N) is 3. The lowest BCUT2D eigenvalue weighted by atomic mass is 10.4. The molecule has 0 bridgehead atoms. The number of hydrogen-bond donors (Lipinski definition) is 2. The predicted molar refractivity (Wildman–Crippen MR) is 64.6 cm³/mol. The minimum atomic E-state index is 0.655. The summed E-state index contributed by atoms with van der Waals surface area (Å²) >= 11 is 0. The van der Waals surface area contributed by atoms with Crippen LogP contribution in [-0.2, 0) is 17.8 Å². The minimum Gasteiger partial charge on any atom is -0.385 e. The fourth-order valence-corrected chi connectivity index (χ4v) is 1.52. The van der Waals surface area contributed by atoms with E-state index in [0.717, 1.165) is 31.2 Å². The van der Waals surface area contributed by atoms with Gasteiger partial charge in [0.2, 0.25) is 0 Å². The molecule has 0 amide bonds. The number of H-pyrrole nitrogens is 1. The van der Waals surface area contributed by atoms with E-state index in [1.165, 1.54) is 0 Å². The molecule has 2 aromatic rings. The second kappa shape index (κ2) is 6.05. The number of ether oxygens (including phenoxy) is 1. The average Bonchev–Trinajstić information content (AvgIpc) is 2.98. The fourth-order valence-electron chi connectivity index (χ4n) is 1.52. The molecule has 0 radical (unpaired) electrons. The van der Waals surface area contributed by atoms with Crippen LogP contribution in [0.2, 0.25) is 0 Å². The number of hydrogen-bond acceptors (Lipinski definition) is 4. The molecule has 6 heteroatoms. The molecular weight excluding hydrogens is 218 g/mol. The van der Waals surface area contributed by atoms with Crippen molar-refractivity contribution in [2.75, 3.05) is 19.0 Å². The Morgan fingerprint density at radius 1 is 1.53 bits per heavy atom. The average molecular weight is 235 g/mol. The van der Waals surface area contributed by atoms with Crippen molar-refractivity contribution in [2.45, 2.75) is 19.5 Å². The van der Waals surface area contributed by atoms with Crippen molar-refractivity contribution in [1.82, 2.24) is 19.7 Å². The maximum atomic E-state index is 5.00. The second-order valence-corrected chi connectivity index (χ2v) is 3.70. The van der Waals surface area contributed by atoms with Gasteiger partial charge in [-0.1, -0.05) is 0 Å². The zero-order valence-corrected chi connectivity index (χ0v) is 9.89. The molecule has 0 atom stereocenters. The van der Waals surface area contributed by atoms with Crippen LogP contribution in [0.25, 0.3) is 0 Å². The highest BCUT2D eigenvalue weighted by molar-refractivity contribution is 5.32. The van der Waals surface area contributed by atoms with E-state index in [0.29, 0.717) is 6.54 Å². The van der Waals surface area contributed by atoms with Crippen molar-refractivity contribution in [2.24, 2.45) is 0 Å². The summed E-state index contributed by atoms with van der Waals surface area (Å²) in [5.41, 5.74) is 0. The van der Waals surface area contributed by atoms with Gasteiger partial charge in [-0.3, -0.25) is 4.68 Å². The van der Waals surface area contributed by atoms with E-state index in [1.807, 2.05) is 16.9 Å². The molecule has 92 valence electrons. The SMILES string of the molecule is COCCCn1ccc(NCc2ncc[nH]2)n1. The lowest BCUT2D eigenvalue weighted by molar-refractivity contribution is 0.189. The van der Waals surface area contributed by atoms with Gasteiger partial charge in [-0.05, 0) is 6.42 Å². The Labute approximate surface area is 100 Å². The highest BCUT2D eigenvalue weighted by Gasteiger charge is 1.99. The minimum absolute atomic E-state index is 0.655. The second-order valence-electron chi connectivity index (χ2n) is 3.70. The van der Waals surface area contributed by atoms with Gasteiger partial charge in [0.15, 0.2) is 0 Å². The van der Waals surface area contributed by atoms with Gasteiger partial charge in [-0.2, -0.15) is 5.10 Å². The van der Waals surface area contributed by atoms with Crippen LogP contribution in [0.1, 0.15) is 12.2 Å². The summed E-state index contributed by atoms with van der Waals surface area (Å²) < 4.78 is 6.90. The number of imidazole rings is 1. The van der Waals surface area contributed by atoms with Crippen molar-refractivity contribution in [1.29, 1.82) is 0 Å². The van der Waals surface area contributed by atoms with Gasteiger partial charge in [0.25, 0.3) is 0 Å². The van der Waals surface area contributed by atoms with E-state index in [1.54, 1.807) is 19.5 Å². The zero-order chi connectivity index (χ0) is 11.9. The van der Waals surface area contributed by atoms with Crippen LogP contribution >= 0.6 is 0 Å². The summed E-state index contributed by atoms with van der Waals surface area (Å²) in [6.07, 6.45) is 6.47. The lowest BCUT2D eigenvalue weighted by Crippen LogP contribution is -2.05. The van der Waals surface area contributed by atoms with Gasteiger partial charge in [-0.15, -0.1) is 0 Å². The summed E-state index contributed by atoms with van der Waals surface area (Å²) in [7, 11) is 1.71. The highest BCUT2D eigenvalue weighted by Crippen LogP contribution is 2.04. The van der Waals surface area contributed by atoms with Crippen molar-refractivity contribution in [3.63, 3.8) is 0 Å². The molecule has 0 fully saturated rings. The number of methoxy groups -OCH3 is 1. The maximum absolute atomic E-state index is 5.00. The maximum Gasteiger partial charge on any atom is 0.148 e. The molecule has 2 heterocycles. The molecule has 0 aliphatic carbocycles. The van der Waals surface area contributed by atoms with E-state index in [-0.39, 0.29) is 0 Å². The van der Waals surface area contributed by atoms with Gasteiger partial charge in [0, 0.05) is 44.9 Å². The van der Waals surface area contributed by atoms with Crippen LogP contribution in [0.3, 0.4) is 0 Å². The third-order valence-electron chi connectivity index (χ3n) is 2.37. The van der Waals surface area contributed by atoms with Crippen molar-refractivity contribution >= 4 is 5.82 Å². The summed E-state index contributed by atoms with van der Waals surface area (Å²) in [6, 6.07) is 1.95. The first-order valence-electron chi connectivity index (χ1n) is 5.63. The molecule has 0 aromatic carbocycles. The zero-order valence-electron chi connectivity index (χ0n) is 9.89. The van der Waals surface area contributed by atoms with Crippen LogP contribution in [0.5, 0.6) is 0 Å². The highest BCUT2D eigenvalue weighted by atomic mass is 16.5. The summed E-state index contributed by atoms with van der Waals surface area (Å²) in [5.74, 6) is 1.76. The van der Waals surface area contributed by atoms with Gasteiger partial charge in [-0.25, -0.2) is 4.98 Å². The summed E-state index contributed by atoms with van der Waals surface area (Å²) in [5, 5.41) is 7.59. The predicted octanol–water partition coefficient (Wildman–Crippen LogP) is 1.25. The van der Waals surface area contributed by atoms with Gasteiger partial charge < -0.3 is 15.0 Å². The van der Waals surface area contributed by atoms with Crippen molar-refractivity contribution in [3.8, 4) is 0 Å². The lowest BCUT2D eigenvalue weighted by Gasteiger charge is -2.01. The topological polar surface area (TPSA) is 67.8 Å². The Bertz CT molecular complexity index is 423. The van der Waals surface area contributed by atoms with E-state index >= 15 is 0 Å².